The van der Waals surface area contributed by atoms with Crippen LogP contribution in [0, 0.1) is 0 Å². The molecule has 0 radical (unpaired) electrons. The summed E-state index contributed by atoms with van der Waals surface area (Å²) in [6, 6.07) is 0. The Labute approximate surface area is 95.6 Å². The minimum atomic E-state index is -2.50. The summed E-state index contributed by atoms with van der Waals surface area (Å²) < 4.78 is 26.1. The fourth-order valence-electron chi connectivity index (χ4n) is 2.61. The molecule has 2 saturated heterocycles. The Bertz CT molecular complexity index is 250. The summed E-state index contributed by atoms with van der Waals surface area (Å²) in [7, 11) is 2.07. The molecular formula is C11H21F2N3. The Hall–Kier alpha value is -0.260. The normalized spacial score (nSPS) is 30.8. The molecule has 2 fully saturated rings. The number of nitrogens with two attached hydrogens (primary N) is 1. The zero-order chi connectivity index (χ0) is 11.8. The van der Waals surface area contributed by atoms with Crippen LogP contribution in [0.1, 0.15) is 19.3 Å². The van der Waals surface area contributed by atoms with Gasteiger partial charge in [-0.3, -0.25) is 4.90 Å². The summed E-state index contributed by atoms with van der Waals surface area (Å²) in [5.41, 5.74) is 6.02. The van der Waals surface area contributed by atoms with Gasteiger partial charge in [-0.1, -0.05) is 0 Å². The van der Waals surface area contributed by atoms with E-state index in [0.717, 1.165) is 25.9 Å². The van der Waals surface area contributed by atoms with Crippen molar-refractivity contribution in [2.45, 2.75) is 30.7 Å². The van der Waals surface area contributed by atoms with Crippen LogP contribution in [0.2, 0.25) is 0 Å². The second-order valence-electron chi connectivity index (χ2n) is 5.48. The number of alkyl halides is 2. The van der Waals surface area contributed by atoms with Gasteiger partial charge in [0.1, 0.15) is 0 Å². The Balaban J connectivity index is 1.85. The van der Waals surface area contributed by atoms with E-state index in [9.17, 15) is 8.78 Å². The van der Waals surface area contributed by atoms with Gasteiger partial charge in [0.15, 0.2) is 0 Å². The molecular weight excluding hydrogens is 212 g/mol. The standard InChI is InChI=1S/C11H21F2N3/c1-15-5-2-10(14,3-6-15)8-16-7-4-11(12,13)9-16/h2-9,14H2,1H3. The first-order chi connectivity index (χ1) is 7.39. The van der Waals surface area contributed by atoms with Crippen LogP contribution in [0.15, 0.2) is 0 Å². The smallest absolute Gasteiger partial charge is 0.261 e. The van der Waals surface area contributed by atoms with Crippen molar-refractivity contribution in [3.63, 3.8) is 0 Å². The van der Waals surface area contributed by atoms with Crippen LogP contribution in [0.3, 0.4) is 0 Å². The highest BCUT2D eigenvalue weighted by atomic mass is 19.3. The van der Waals surface area contributed by atoms with Gasteiger partial charge >= 0.3 is 0 Å². The average molecular weight is 233 g/mol. The summed E-state index contributed by atoms with van der Waals surface area (Å²) in [4.78, 5) is 4.06. The van der Waals surface area contributed by atoms with Crippen molar-refractivity contribution in [2.75, 3.05) is 39.8 Å². The lowest BCUT2D eigenvalue weighted by molar-refractivity contribution is 0.00883. The molecule has 16 heavy (non-hydrogen) atoms. The summed E-state index contributed by atoms with van der Waals surface area (Å²) in [6.45, 7) is 2.95. The molecule has 94 valence electrons. The number of piperidine rings is 1. The molecule has 0 saturated carbocycles. The third-order valence-electron chi connectivity index (χ3n) is 3.77. The van der Waals surface area contributed by atoms with Crippen molar-refractivity contribution < 1.29 is 8.78 Å². The highest BCUT2D eigenvalue weighted by molar-refractivity contribution is 4.95. The average Bonchev–Trinajstić information content (AvgIpc) is 2.51. The molecule has 0 unspecified atom stereocenters. The third-order valence-corrected chi connectivity index (χ3v) is 3.77. The third kappa shape index (κ3) is 2.90. The van der Waals surface area contributed by atoms with Crippen molar-refractivity contribution in [1.82, 2.24) is 9.80 Å². The fourth-order valence-corrected chi connectivity index (χ4v) is 2.61. The lowest BCUT2D eigenvalue weighted by Crippen LogP contribution is -2.55. The van der Waals surface area contributed by atoms with E-state index >= 15 is 0 Å². The van der Waals surface area contributed by atoms with Crippen LogP contribution < -0.4 is 5.73 Å². The molecule has 0 amide bonds. The topological polar surface area (TPSA) is 32.5 Å². The molecule has 0 bridgehead atoms. The van der Waals surface area contributed by atoms with Crippen molar-refractivity contribution in [1.29, 1.82) is 0 Å². The van der Waals surface area contributed by atoms with E-state index in [1.54, 1.807) is 0 Å². The van der Waals surface area contributed by atoms with Gasteiger partial charge in [0, 0.05) is 25.0 Å². The lowest BCUT2D eigenvalue weighted by Gasteiger charge is -2.40. The molecule has 0 aromatic rings. The highest BCUT2D eigenvalue weighted by Crippen LogP contribution is 2.29. The monoisotopic (exact) mass is 233 g/mol. The molecule has 2 heterocycles. The summed E-state index contributed by atoms with van der Waals surface area (Å²) in [5.74, 6) is -2.50. The van der Waals surface area contributed by atoms with Gasteiger partial charge in [0.25, 0.3) is 5.92 Å². The zero-order valence-electron chi connectivity index (χ0n) is 9.88. The SMILES string of the molecule is CN1CCC(N)(CN2CCC(F)(F)C2)CC1. The van der Waals surface area contributed by atoms with E-state index in [1.165, 1.54) is 0 Å². The molecule has 2 rings (SSSR count). The van der Waals surface area contributed by atoms with Crippen LogP contribution in [0.25, 0.3) is 0 Å². The molecule has 0 aromatic heterocycles. The van der Waals surface area contributed by atoms with E-state index in [2.05, 4.69) is 11.9 Å². The van der Waals surface area contributed by atoms with E-state index in [4.69, 9.17) is 5.73 Å². The highest BCUT2D eigenvalue weighted by Gasteiger charge is 2.41. The quantitative estimate of drug-likeness (QED) is 0.764. The van der Waals surface area contributed by atoms with Gasteiger partial charge in [0.2, 0.25) is 0 Å². The predicted octanol–water partition coefficient (Wildman–Crippen LogP) is 0.750. The molecule has 0 aliphatic carbocycles. The number of hydrogen-bond donors (Lipinski definition) is 1. The van der Waals surface area contributed by atoms with Crippen molar-refractivity contribution in [3.05, 3.63) is 0 Å². The number of rotatable bonds is 2. The summed E-state index contributed by atoms with van der Waals surface area (Å²) in [5, 5.41) is 0. The van der Waals surface area contributed by atoms with Crippen molar-refractivity contribution >= 4 is 0 Å². The zero-order valence-corrected chi connectivity index (χ0v) is 9.88. The van der Waals surface area contributed by atoms with Gasteiger partial charge in [0.05, 0.1) is 6.54 Å². The Kier molecular flexibility index (Phi) is 3.20. The number of nitrogens with zero attached hydrogens (tertiary/aromatic N) is 2. The predicted molar refractivity (Wildman–Crippen MR) is 59.7 cm³/mol. The molecule has 5 heteroatoms. The fraction of sp³-hybridized carbons (Fsp3) is 1.00. The molecule has 2 aliphatic heterocycles. The largest absolute Gasteiger partial charge is 0.324 e. The van der Waals surface area contributed by atoms with Gasteiger partial charge in [-0.25, -0.2) is 8.78 Å². The molecule has 2 aliphatic rings. The van der Waals surface area contributed by atoms with Crippen LogP contribution in [0.4, 0.5) is 8.78 Å². The van der Waals surface area contributed by atoms with Crippen molar-refractivity contribution in [3.8, 4) is 0 Å². The van der Waals surface area contributed by atoms with Gasteiger partial charge in [-0.05, 0) is 33.0 Å². The van der Waals surface area contributed by atoms with Crippen molar-refractivity contribution in [2.24, 2.45) is 5.73 Å². The van der Waals surface area contributed by atoms with Crippen LogP contribution in [0.5, 0.6) is 0 Å². The summed E-state index contributed by atoms with van der Waals surface area (Å²) >= 11 is 0. The maximum absolute atomic E-state index is 13.0. The van der Waals surface area contributed by atoms with Crippen LogP contribution in [-0.4, -0.2) is 61.0 Å². The van der Waals surface area contributed by atoms with E-state index in [0.29, 0.717) is 13.1 Å². The first-order valence-corrected chi connectivity index (χ1v) is 5.96. The Morgan fingerprint density at radius 2 is 1.75 bits per heavy atom. The lowest BCUT2D eigenvalue weighted by atomic mass is 9.88. The molecule has 3 nitrogen and oxygen atoms in total. The van der Waals surface area contributed by atoms with Crippen LogP contribution >= 0.6 is 0 Å². The number of likely N-dealkylation sites (tertiary alicyclic amines) is 2. The number of hydrogen-bond acceptors (Lipinski definition) is 3. The van der Waals surface area contributed by atoms with Gasteiger partial charge in [-0.15, -0.1) is 0 Å². The molecule has 2 N–H and O–H groups in total. The maximum Gasteiger partial charge on any atom is 0.261 e. The molecule has 0 aromatic carbocycles. The van der Waals surface area contributed by atoms with E-state index in [-0.39, 0.29) is 18.5 Å². The minimum Gasteiger partial charge on any atom is -0.324 e. The van der Waals surface area contributed by atoms with Crippen LogP contribution in [-0.2, 0) is 0 Å². The Morgan fingerprint density at radius 3 is 2.25 bits per heavy atom. The summed E-state index contributed by atoms with van der Waals surface area (Å²) in [6.07, 6.45) is 1.81. The maximum atomic E-state index is 13.0. The first-order valence-electron chi connectivity index (χ1n) is 5.96. The second-order valence-corrected chi connectivity index (χ2v) is 5.48. The Morgan fingerprint density at radius 1 is 1.12 bits per heavy atom. The van der Waals surface area contributed by atoms with E-state index in [1.807, 2.05) is 4.90 Å². The van der Waals surface area contributed by atoms with E-state index < -0.39 is 5.92 Å². The minimum absolute atomic E-state index is 0.0109. The molecule has 0 spiro atoms. The number of halogens is 2. The van der Waals surface area contributed by atoms with Gasteiger partial charge < -0.3 is 10.6 Å². The molecule has 0 atom stereocenters. The second kappa shape index (κ2) is 4.20. The first kappa shape index (κ1) is 12.2. The van der Waals surface area contributed by atoms with Gasteiger partial charge in [-0.2, -0.15) is 0 Å².